The summed E-state index contributed by atoms with van der Waals surface area (Å²) in [4.78, 5) is 16.0. The number of aromatic nitrogens is 2. The summed E-state index contributed by atoms with van der Waals surface area (Å²) >= 11 is 0. The average Bonchev–Trinajstić information content (AvgIpc) is 3.00. The molecule has 0 aliphatic heterocycles. The van der Waals surface area contributed by atoms with E-state index in [9.17, 15) is 9.90 Å². The number of pyridine rings is 1. The van der Waals surface area contributed by atoms with Crippen LogP contribution in [0.5, 0.6) is 5.75 Å². The Hall–Kier alpha value is -2.82. The number of rotatable bonds is 3. The molecular formula is C19H17LiN2O5. The van der Waals surface area contributed by atoms with Crippen LogP contribution in [0.3, 0.4) is 0 Å². The molecule has 4 aromatic rings. The second-order valence-corrected chi connectivity index (χ2v) is 5.45. The van der Waals surface area contributed by atoms with Gasteiger partial charge in [-0.05, 0) is 30.3 Å². The van der Waals surface area contributed by atoms with Crippen molar-refractivity contribution in [2.75, 3.05) is 7.11 Å². The molecule has 0 atom stereocenters. The van der Waals surface area contributed by atoms with Gasteiger partial charge in [0.1, 0.15) is 5.75 Å². The normalized spacial score (nSPS) is 9.81. The number of para-hydroxylation sites is 1. The molecule has 0 bridgehead atoms. The molecule has 0 aliphatic rings. The first-order valence-corrected chi connectivity index (χ1v) is 7.45. The molecular weight excluding hydrogens is 343 g/mol. The number of benzene rings is 2. The van der Waals surface area contributed by atoms with E-state index in [1.807, 2.05) is 53.1 Å². The third-order valence-electron chi connectivity index (χ3n) is 4.13. The van der Waals surface area contributed by atoms with Gasteiger partial charge in [0, 0.05) is 23.2 Å². The van der Waals surface area contributed by atoms with Crippen LogP contribution in [0.25, 0.3) is 27.5 Å². The van der Waals surface area contributed by atoms with Gasteiger partial charge in [-0.1, -0.05) is 18.2 Å². The molecule has 27 heavy (non-hydrogen) atoms. The molecule has 0 radical (unpaired) electrons. The van der Waals surface area contributed by atoms with E-state index < -0.39 is 5.97 Å². The number of carboxylic acids is 1. The number of methoxy groups -OCH3 is 1. The molecule has 8 heteroatoms. The molecule has 0 spiro atoms. The second kappa shape index (κ2) is 8.71. The van der Waals surface area contributed by atoms with E-state index in [0.717, 1.165) is 27.9 Å². The van der Waals surface area contributed by atoms with Crippen molar-refractivity contribution in [2.45, 2.75) is 0 Å². The van der Waals surface area contributed by atoms with Gasteiger partial charge in [0.25, 0.3) is 0 Å². The number of aromatic carboxylic acids is 1. The maximum Gasteiger partial charge on any atom is 1.00 e. The molecule has 0 fully saturated rings. The van der Waals surface area contributed by atoms with Crippen LogP contribution in [-0.2, 0) is 0 Å². The maximum absolute atomic E-state index is 11.6. The van der Waals surface area contributed by atoms with E-state index in [1.54, 1.807) is 19.5 Å². The maximum atomic E-state index is 11.6. The third-order valence-corrected chi connectivity index (χ3v) is 4.13. The van der Waals surface area contributed by atoms with Crippen LogP contribution < -0.4 is 23.6 Å². The van der Waals surface area contributed by atoms with Crippen molar-refractivity contribution < 1.29 is 44.5 Å². The molecule has 7 nitrogen and oxygen atoms in total. The summed E-state index contributed by atoms with van der Waals surface area (Å²) in [7, 11) is 1.62. The Bertz CT molecular complexity index is 1090. The fourth-order valence-corrected chi connectivity index (χ4v) is 3.00. The minimum absolute atomic E-state index is 0. The molecule has 2 aromatic carbocycles. The van der Waals surface area contributed by atoms with Crippen molar-refractivity contribution >= 4 is 27.8 Å². The predicted octanol–water partition coefficient (Wildman–Crippen LogP) is -0.112. The van der Waals surface area contributed by atoms with Crippen LogP contribution in [0, 0.1) is 0 Å². The first-order chi connectivity index (χ1) is 11.7. The van der Waals surface area contributed by atoms with Gasteiger partial charge >= 0.3 is 24.8 Å². The van der Waals surface area contributed by atoms with E-state index in [1.165, 1.54) is 0 Å². The number of hydrogen-bond acceptors (Lipinski definition) is 4. The first-order valence-electron chi connectivity index (χ1n) is 7.45. The molecule has 2 aromatic heterocycles. The molecule has 0 aliphatic carbocycles. The second-order valence-electron chi connectivity index (χ2n) is 5.45. The van der Waals surface area contributed by atoms with E-state index in [-0.39, 0.29) is 35.4 Å². The third kappa shape index (κ3) is 3.68. The number of carboxylic acid groups (broad SMARTS) is 1. The van der Waals surface area contributed by atoms with Crippen molar-refractivity contribution in [1.29, 1.82) is 0 Å². The zero-order chi connectivity index (χ0) is 16.7. The van der Waals surface area contributed by atoms with Gasteiger partial charge in [-0.2, -0.15) is 0 Å². The van der Waals surface area contributed by atoms with Gasteiger partial charge in [0.05, 0.1) is 29.4 Å². The summed E-state index contributed by atoms with van der Waals surface area (Å²) in [6, 6.07) is 15.0. The summed E-state index contributed by atoms with van der Waals surface area (Å²) < 4.78 is 7.20. The van der Waals surface area contributed by atoms with Crippen LogP contribution in [0.1, 0.15) is 10.4 Å². The number of nitrogens with zero attached hydrogens (tertiary/aromatic N) is 2. The fraction of sp³-hybridized carbons (Fsp3) is 0.0526. The molecule has 4 N–H and O–H groups in total. The molecule has 0 unspecified atom stereocenters. The van der Waals surface area contributed by atoms with Crippen molar-refractivity contribution in [3.05, 3.63) is 66.5 Å². The topological polar surface area (TPSA) is 126 Å². The SMILES string of the molecule is COc1ccc2nccc(-n3cc(C(=O)O)c4ccccc43)c2c1.O.[Li+].[OH-]. The minimum Gasteiger partial charge on any atom is -0.870 e. The molecule has 0 saturated heterocycles. The Kier molecular flexibility index (Phi) is 7.17. The van der Waals surface area contributed by atoms with Gasteiger partial charge in [-0.25, -0.2) is 4.79 Å². The zero-order valence-corrected chi connectivity index (χ0v) is 14.9. The van der Waals surface area contributed by atoms with Crippen LogP contribution in [-0.4, -0.2) is 38.7 Å². The van der Waals surface area contributed by atoms with Gasteiger partial charge in [0.2, 0.25) is 0 Å². The Labute approximate surface area is 167 Å². The number of hydrogen-bond donors (Lipinski definition) is 1. The number of ether oxygens (including phenoxy) is 1. The van der Waals surface area contributed by atoms with Crippen molar-refractivity contribution in [2.24, 2.45) is 0 Å². The Morgan fingerprint density at radius 2 is 1.85 bits per heavy atom. The van der Waals surface area contributed by atoms with Gasteiger partial charge in [0.15, 0.2) is 0 Å². The predicted molar refractivity (Wildman–Crippen MR) is 97.6 cm³/mol. The van der Waals surface area contributed by atoms with Crippen LogP contribution >= 0.6 is 0 Å². The Morgan fingerprint density at radius 1 is 1.11 bits per heavy atom. The Balaban J connectivity index is 0.00000121. The molecule has 0 amide bonds. The summed E-state index contributed by atoms with van der Waals surface area (Å²) in [5.74, 6) is -0.215. The molecule has 4 rings (SSSR count). The first kappa shape index (κ1) is 22.2. The summed E-state index contributed by atoms with van der Waals surface area (Å²) in [6.45, 7) is 0. The van der Waals surface area contributed by atoms with Crippen LogP contribution in [0.2, 0.25) is 0 Å². The van der Waals surface area contributed by atoms with Crippen molar-refractivity contribution in [1.82, 2.24) is 9.55 Å². The number of fused-ring (bicyclic) bond motifs is 2. The van der Waals surface area contributed by atoms with Gasteiger partial charge < -0.3 is 25.4 Å². The quantitative estimate of drug-likeness (QED) is 0.510. The van der Waals surface area contributed by atoms with Crippen LogP contribution in [0.4, 0.5) is 0 Å². The van der Waals surface area contributed by atoms with Gasteiger partial charge in [-0.3, -0.25) is 4.98 Å². The fourth-order valence-electron chi connectivity index (χ4n) is 3.00. The molecule has 2 heterocycles. The van der Waals surface area contributed by atoms with E-state index in [2.05, 4.69) is 4.98 Å². The largest absolute Gasteiger partial charge is 1.00 e. The van der Waals surface area contributed by atoms with E-state index >= 15 is 0 Å². The van der Waals surface area contributed by atoms with Gasteiger partial charge in [-0.15, -0.1) is 0 Å². The smallest absolute Gasteiger partial charge is 0.870 e. The molecule has 134 valence electrons. The van der Waals surface area contributed by atoms with E-state index in [4.69, 9.17) is 4.74 Å². The number of carbonyl (C=O) groups is 1. The minimum atomic E-state index is -0.944. The summed E-state index contributed by atoms with van der Waals surface area (Å²) in [5.41, 5.74) is 2.80. The summed E-state index contributed by atoms with van der Waals surface area (Å²) in [5, 5.41) is 11.1. The standard InChI is InChI=1S/C19H14N2O3.Li.2H2O/c1-24-12-6-7-16-14(10-12)18(8-9-20-16)21-11-15(19(22)23)13-4-2-3-5-17(13)21;;;/h2-11H,1H3,(H,22,23);;2*1H2/q;+1;;/p-1. The monoisotopic (exact) mass is 360 g/mol. The van der Waals surface area contributed by atoms with E-state index in [0.29, 0.717) is 5.39 Å². The zero-order valence-electron chi connectivity index (χ0n) is 14.9. The summed E-state index contributed by atoms with van der Waals surface area (Å²) in [6.07, 6.45) is 3.38. The average molecular weight is 360 g/mol. The van der Waals surface area contributed by atoms with Crippen molar-refractivity contribution in [3.8, 4) is 11.4 Å². The Morgan fingerprint density at radius 3 is 2.56 bits per heavy atom. The van der Waals surface area contributed by atoms with Crippen LogP contribution in [0.15, 0.2) is 60.9 Å². The van der Waals surface area contributed by atoms with Crippen molar-refractivity contribution in [3.63, 3.8) is 0 Å². The molecule has 0 saturated carbocycles.